The Morgan fingerprint density at radius 2 is 2.09 bits per heavy atom. The molecule has 1 aliphatic rings. The number of nitrogens with zero attached hydrogens (tertiary/aromatic N) is 4. The van der Waals surface area contributed by atoms with Crippen molar-refractivity contribution in [1.29, 1.82) is 0 Å². The highest BCUT2D eigenvalue weighted by molar-refractivity contribution is 5.80. The summed E-state index contributed by atoms with van der Waals surface area (Å²) in [7, 11) is 0. The van der Waals surface area contributed by atoms with E-state index < -0.39 is 0 Å². The molecule has 0 amide bonds. The van der Waals surface area contributed by atoms with Crippen molar-refractivity contribution in [3.8, 4) is 11.4 Å². The number of imidazole rings is 1. The minimum atomic E-state index is 0.697. The molecule has 0 aliphatic carbocycles. The van der Waals surface area contributed by atoms with Gasteiger partial charge in [-0.3, -0.25) is 0 Å². The van der Waals surface area contributed by atoms with Crippen molar-refractivity contribution in [2.75, 3.05) is 11.9 Å². The maximum Gasteiger partial charge on any atom is 0.224 e. The number of anilines is 1. The van der Waals surface area contributed by atoms with Gasteiger partial charge in [-0.2, -0.15) is 4.98 Å². The average molecular weight is 293 g/mol. The molecule has 4 rings (SSSR count). The van der Waals surface area contributed by atoms with Gasteiger partial charge in [0.1, 0.15) is 11.3 Å². The smallest absolute Gasteiger partial charge is 0.224 e. The zero-order valence-electron chi connectivity index (χ0n) is 12.7. The van der Waals surface area contributed by atoms with E-state index in [0.29, 0.717) is 5.95 Å². The Balaban J connectivity index is 1.66. The summed E-state index contributed by atoms with van der Waals surface area (Å²) in [5, 5.41) is 3.31. The van der Waals surface area contributed by atoms with E-state index >= 15 is 0 Å². The van der Waals surface area contributed by atoms with Gasteiger partial charge in [0.05, 0.1) is 12.7 Å². The predicted octanol–water partition coefficient (Wildman–Crippen LogP) is 3.46. The lowest BCUT2D eigenvalue weighted by atomic mass is 10.1. The first-order valence-electron chi connectivity index (χ1n) is 7.92. The molecule has 0 fully saturated rings. The van der Waals surface area contributed by atoms with Crippen LogP contribution in [0.4, 0.5) is 5.95 Å². The molecule has 0 spiro atoms. The van der Waals surface area contributed by atoms with Crippen LogP contribution < -0.4 is 5.32 Å². The number of unbranched alkanes of at least 4 members (excludes halogenated alkanes) is 2. The molecule has 5 heteroatoms. The summed E-state index contributed by atoms with van der Waals surface area (Å²) in [6, 6.07) is 8.40. The number of rotatable bonds is 5. The maximum atomic E-state index is 4.70. The van der Waals surface area contributed by atoms with E-state index in [4.69, 9.17) is 4.98 Å². The Bertz CT molecular complexity index is 821. The highest BCUT2D eigenvalue weighted by Crippen LogP contribution is 2.33. The Labute approximate surface area is 129 Å². The number of hydrogen-bond acceptors (Lipinski definition) is 4. The van der Waals surface area contributed by atoms with Crippen LogP contribution in [0.2, 0.25) is 0 Å². The molecule has 0 atom stereocenters. The SMILES string of the molecule is CCCCCNc1ncc2nc3n(c2n1)Cc1ccccc1-3. The van der Waals surface area contributed by atoms with Gasteiger partial charge >= 0.3 is 0 Å². The van der Waals surface area contributed by atoms with Gasteiger partial charge in [-0.05, 0) is 12.0 Å². The number of nitrogens with one attached hydrogen (secondary N) is 1. The van der Waals surface area contributed by atoms with E-state index in [9.17, 15) is 0 Å². The van der Waals surface area contributed by atoms with Gasteiger partial charge in [-0.1, -0.05) is 44.0 Å². The number of hydrogen-bond donors (Lipinski definition) is 1. The molecule has 0 unspecified atom stereocenters. The standard InChI is InChI=1S/C17H19N5/c1-2-3-6-9-18-17-19-10-14-16(21-17)22-11-12-7-4-5-8-13(12)15(22)20-14/h4-5,7-8,10H,2-3,6,9,11H2,1H3,(H,18,19,21). The molecule has 1 aromatic carbocycles. The van der Waals surface area contributed by atoms with Crippen LogP contribution in [0.1, 0.15) is 31.7 Å². The normalized spacial score (nSPS) is 12.4. The van der Waals surface area contributed by atoms with E-state index in [-0.39, 0.29) is 0 Å². The first-order chi connectivity index (χ1) is 10.9. The monoisotopic (exact) mass is 293 g/mol. The predicted molar refractivity (Wildman–Crippen MR) is 87.9 cm³/mol. The van der Waals surface area contributed by atoms with Crippen LogP contribution in [-0.4, -0.2) is 26.1 Å². The van der Waals surface area contributed by atoms with Gasteiger partial charge in [0, 0.05) is 12.1 Å². The first kappa shape index (κ1) is 13.2. The molecule has 0 radical (unpaired) electrons. The number of benzene rings is 1. The molecule has 0 saturated heterocycles. The molecular formula is C17H19N5. The van der Waals surface area contributed by atoms with Crippen LogP contribution in [0.5, 0.6) is 0 Å². The second kappa shape index (κ2) is 5.40. The molecule has 5 nitrogen and oxygen atoms in total. The van der Waals surface area contributed by atoms with Gasteiger partial charge < -0.3 is 9.88 Å². The minimum absolute atomic E-state index is 0.697. The maximum absolute atomic E-state index is 4.70. The van der Waals surface area contributed by atoms with Gasteiger partial charge in [-0.25, -0.2) is 9.97 Å². The van der Waals surface area contributed by atoms with Crippen LogP contribution in [0, 0.1) is 0 Å². The Hall–Kier alpha value is -2.43. The van der Waals surface area contributed by atoms with Crippen molar-refractivity contribution in [3.05, 3.63) is 36.0 Å². The van der Waals surface area contributed by atoms with E-state index in [0.717, 1.165) is 36.5 Å². The Kier molecular flexibility index (Phi) is 3.25. The van der Waals surface area contributed by atoms with Crippen molar-refractivity contribution in [2.24, 2.45) is 0 Å². The number of aromatic nitrogens is 4. The molecule has 112 valence electrons. The summed E-state index contributed by atoms with van der Waals surface area (Å²) in [5.74, 6) is 1.70. The van der Waals surface area contributed by atoms with Crippen molar-refractivity contribution in [1.82, 2.24) is 19.5 Å². The first-order valence-corrected chi connectivity index (χ1v) is 7.92. The summed E-state index contributed by atoms with van der Waals surface area (Å²) in [6.07, 6.45) is 5.41. The van der Waals surface area contributed by atoms with E-state index in [2.05, 4.69) is 51.0 Å². The molecule has 2 aromatic heterocycles. The Morgan fingerprint density at radius 1 is 1.18 bits per heavy atom. The molecule has 22 heavy (non-hydrogen) atoms. The summed E-state index contributed by atoms with van der Waals surface area (Å²) >= 11 is 0. The molecular weight excluding hydrogens is 274 g/mol. The topological polar surface area (TPSA) is 55.6 Å². The van der Waals surface area contributed by atoms with Crippen molar-refractivity contribution < 1.29 is 0 Å². The average Bonchev–Trinajstić information content (AvgIpc) is 3.08. The molecule has 1 N–H and O–H groups in total. The van der Waals surface area contributed by atoms with Gasteiger partial charge in [0.25, 0.3) is 0 Å². The van der Waals surface area contributed by atoms with Crippen LogP contribution in [0.25, 0.3) is 22.6 Å². The highest BCUT2D eigenvalue weighted by Gasteiger charge is 2.23. The van der Waals surface area contributed by atoms with Crippen molar-refractivity contribution in [2.45, 2.75) is 32.7 Å². The third kappa shape index (κ3) is 2.13. The lowest BCUT2D eigenvalue weighted by Gasteiger charge is -2.04. The van der Waals surface area contributed by atoms with E-state index in [1.165, 1.54) is 24.0 Å². The fraction of sp³-hybridized carbons (Fsp3) is 0.353. The van der Waals surface area contributed by atoms with E-state index in [1.54, 1.807) is 0 Å². The van der Waals surface area contributed by atoms with Crippen molar-refractivity contribution >= 4 is 17.1 Å². The minimum Gasteiger partial charge on any atom is -0.354 e. The summed E-state index contributed by atoms with van der Waals surface area (Å²) in [4.78, 5) is 13.7. The second-order valence-corrected chi connectivity index (χ2v) is 5.72. The highest BCUT2D eigenvalue weighted by atomic mass is 15.2. The summed E-state index contributed by atoms with van der Waals surface area (Å²) < 4.78 is 2.18. The third-order valence-electron chi connectivity index (χ3n) is 4.14. The third-order valence-corrected chi connectivity index (χ3v) is 4.14. The van der Waals surface area contributed by atoms with E-state index in [1.807, 2.05) is 6.20 Å². The molecule has 3 aromatic rings. The quantitative estimate of drug-likeness (QED) is 0.573. The molecule has 0 saturated carbocycles. The molecule has 3 heterocycles. The van der Waals surface area contributed by atoms with Crippen LogP contribution >= 0.6 is 0 Å². The fourth-order valence-corrected chi connectivity index (χ4v) is 2.98. The summed E-state index contributed by atoms with van der Waals surface area (Å²) in [5.41, 5.74) is 4.30. The van der Waals surface area contributed by atoms with Gasteiger partial charge in [0.15, 0.2) is 5.65 Å². The van der Waals surface area contributed by atoms with Crippen LogP contribution in [0.15, 0.2) is 30.5 Å². The summed E-state index contributed by atoms with van der Waals surface area (Å²) in [6.45, 7) is 3.96. The van der Waals surface area contributed by atoms with Gasteiger partial charge in [-0.15, -0.1) is 0 Å². The second-order valence-electron chi connectivity index (χ2n) is 5.72. The fourth-order valence-electron chi connectivity index (χ4n) is 2.98. The molecule has 0 bridgehead atoms. The number of fused-ring (bicyclic) bond motifs is 5. The Morgan fingerprint density at radius 3 is 3.00 bits per heavy atom. The lowest BCUT2D eigenvalue weighted by molar-refractivity contribution is 0.740. The zero-order valence-corrected chi connectivity index (χ0v) is 12.7. The zero-order chi connectivity index (χ0) is 14.9. The molecule has 1 aliphatic heterocycles. The largest absolute Gasteiger partial charge is 0.354 e. The van der Waals surface area contributed by atoms with Gasteiger partial charge in [0.2, 0.25) is 5.95 Å². The van der Waals surface area contributed by atoms with Crippen LogP contribution in [0.3, 0.4) is 0 Å². The van der Waals surface area contributed by atoms with Crippen LogP contribution in [-0.2, 0) is 6.54 Å². The van der Waals surface area contributed by atoms with Crippen molar-refractivity contribution in [3.63, 3.8) is 0 Å². The lowest BCUT2D eigenvalue weighted by Crippen LogP contribution is -2.06.